The predicted octanol–water partition coefficient (Wildman–Crippen LogP) is 2.48. The van der Waals surface area contributed by atoms with Crippen LogP contribution in [0.5, 0.6) is 0 Å². The lowest BCUT2D eigenvalue weighted by Gasteiger charge is -2.21. The smallest absolute Gasteiger partial charge is 0.326 e. The predicted molar refractivity (Wildman–Crippen MR) is 74.9 cm³/mol. The quantitative estimate of drug-likeness (QED) is 0.925. The van der Waals surface area contributed by atoms with Gasteiger partial charge in [-0.3, -0.25) is 4.79 Å². The molecular weight excluding hydrogens is 310 g/mol. The Balaban J connectivity index is 2.01. The molecule has 4 nitrogen and oxygen atoms in total. The SMILES string of the molecule is CC(C(=O)O)N(C)C(=O)C1CC1c1ccc(Br)cc1. The van der Waals surface area contributed by atoms with Gasteiger partial charge in [-0.05, 0) is 37.0 Å². The summed E-state index contributed by atoms with van der Waals surface area (Å²) in [5.41, 5.74) is 1.14. The molecule has 1 aromatic carbocycles. The van der Waals surface area contributed by atoms with E-state index >= 15 is 0 Å². The number of rotatable bonds is 4. The largest absolute Gasteiger partial charge is 0.480 e. The molecule has 19 heavy (non-hydrogen) atoms. The monoisotopic (exact) mass is 325 g/mol. The van der Waals surface area contributed by atoms with Gasteiger partial charge >= 0.3 is 5.97 Å². The van der Waals surface area contributed by atoms with Crippen molar-refractivity contribution in [2.45, 2.75) is 25.3 Å². The summed E-state index contributed by atoms with van der Waals surface area (Å²) in [4.78, 5) is 24.4. The average molecular weight is 326 g/mol. The molecule has 1 amide bonds. The Hall–Kier alpha value is -1.36. The summed E-state index contributed by atoms with van der Waals surface area (Å²) in [6.45, 7) is 1.53. The summed E-state index contributed by atoms with van der Waals surface area (Å²) in [6.07, 6.45) is 0.803. The Bertz CT molecular complexity index is 500. The number of carboxylic acid groups (broad SMARTS) is 1. The highest BCUT2D eigenvalue weighted by Crippen LogP contribution is 2.48. The summed E-state index contributed by atoms with van der Waals surface area (Å²) in [5.74, 6) is -0.906. The highest BCUT2D eigenvalue weighted by Gasteiger charge is 2.46. The van der Waals surface area contributed by atoms with Crippen molar-refractivity contribution >= 4 is 27.8 Å². The van der Waals surface area contributed by atoms with E-state index in [4.69, 9.17) is 5.11 Å². The molecule has 1 N–H and O–H groups in total. The Labute approximate surface area is 120 Å². The van der Waals surface area contributed by atoms with Crippen molar-refractivity contribution in [2.24, 2.45) is 5.92 Å². The molecule has 0 saturated heterocycles. The molecule has 0 aromatic heterocycles. The first-order valence-corrected chi connectivity index (χ1v) is 6.96. The maximum Gasteiger partial charge on any atom is 0.326 e. The fraction of sp³-hybridized carbons (Fsp3) is 0.429. The number of amides is 1. The van der Waals surface area contributed by atoms with Crippen LogP contribution in [0.15, 0.2) is 28.7 Å². The molecule has 3 unspecified atom stereocenters. The Morgan fingerprint density at radius 1 is 1.37 bits per heavy atom. The van der Waals surface area contributed by atoms with Crippen LogP contribution in [0.4, 0.5) is 0 Å². The van der Waals surface area contributed by atoms with Crippen LogP contribution < -0.4 is 0 Å². The molecule has 0 heterocycles. The van der Waals surface area contributed by atoms with Crippen molar-refractivity contribution in [2.75, 3.05) is 7.05 Å². The number of nitrogens with zero attached hydrogens (tertiary/aromatic N) is 1. The lowest BCUT2D eigenvalue weighted by atomic mass is 10.1. The first-order chi connectivity index (χ1) is 8.91. The van der Waals surface area contributed by atoms with Crippen molar-refractivity contribution in [1.29, 1.82) is 0 Å². The molecule has 0 aliphatic heterocycles. The van der Waals surface area contributed by atoms with Crippen LogP contribution in [-0.4, -0.2) is 35.0 Å². The van der Waals surface area contributed by atoms with Gasteiger partial charge in [-0.15, -0.1) is 0 Å². The number of hydrogen-bond acceptors (Lipinski definition) is 2. The minimum absolute atomic E-state index is 0.0759. The number of carboxylic acids is 1. The van der Waals surface area contributed by atoms with Crippen LogP contribution in [0.25, 0.3) is 0 Å². The average Bonchev–Trinajstić information content (AvgIpc) is 3.17. The van der Waals surface area contributed by atoms with E-state index in [2.05, 4.69) is 15.9 Å². The molecule has 3 atom stereocenters. The zero-order valence-corrected chi connectivity index (χ0v) is 12.4. The van der Waals surface area contributed by atoms with E-state index in [9.17, 15) is 9.59 Å². The van der Waals surface area contributed by atoms with Crippen LogP contribution in [0.3, 0.4) is 0 Å². The fourth-order valence-electron chi connectivity index (χ4n) is 2.16. The molecule has 1 aliphatic carbocycles. The van der Waals surface area contributed by atoms with Crippen LogP contribution in [0, 0.1) is 5.92 Å². The highest BCUT2D eigenvalue weighted by atomic mass is 79.9. The van der Waals surface area contributed by atoms with Gasteiger partial charge in [0.15, 0.2) is 0 Å². The van der Waals surface area contributed by atoms with Crippen molar-refractivity contribution < 1.29 is 14.7 Å². The minimum atomic E-state index is -0.975. The van der Waals surface area contributed by atoms with Crippen LogP contribution in [-0.2, 0) is 9.59 Å². The molecule has 0 radical (unpaired) electrons. The topological polar surface area (TPSA) is 57.6 Å². The first kappa shape index (κ1) is 14.1. The van der Waals surface area contributed by atoms with E-state index in [1.165, 1.54) is 11.8 Å². The minimum Gasteiger partial charge on any atom is -0.480 e. The summed E-state index contributed by atoms with van der Waals surface area (Å²) in [6, 6.07) is 7.14. The van der Waals surface area contributed by atoms with Gasteiger partial charge in [0.25, 0.3) is 0 Å². The third-order valence-electron chi connectivity index (χ3n) is 3.69. The normalized spacial score (nSPS) is 22.7. The van der Waals surface area contributed by atoms with E-state index < -0.39 is 12.0 Å². The number of benzene rings is 1. The molecule has 1 saturated carbocycles. The Morgan fingerprint density at radius 2 is 1.95 bits per heavy atom. The van der Waals surface area contributed by atoms with Gasteiger partial charge in [-0.1, -0.05) is 28.1 Å². The van der Waals surface area contributed by atoms with Gasteiger partial charge < -0.3 is 10.0 Å². The molecule has 2 rings (SSSR count). The number of halogens is 1. The molecule has 0 spiro atoms. The zero-order chi connectivity index (χ0) is 14.2. The second-order valence-electron chi connectivity index (χ2n) is 4.96. The van der Waals surface area contributed by atoms with Gasteiger partial charge in [-0.2, -0.15) is 0 Å². The number of hydrogen-bond donors (Lipinski definition) is 1. The summed E-state index contributed by atoms with van der Waals surface area (Å²) >= 11 is 3.38. The van der Waals surface area contributed by atoms with Crippen molar-refractivity contribution in [3.8, 4) is 0 Å². The fourth-order valence-corrected chi connectivity index (χ4v) is 2.43. The molecular formula is C14H16BrNO3. The van der Waals surface area contributed by atoms with E-state index in [0.29, 0.717) is 0 Å². The van der Waals surface area contributed by atoms with Crippen LogP contribution in [0.2, 0.25) is 0 Å². The Kier molecular flexibility index (Phi) is 3.94. The Morgan fingerprint density at radius 3 is 2.47 bits per heavy atom. The van der Waals surface area contributed by atoms with Crippen molar-refractivity contribution in [3.63, 3.8) is 0 Å². The van der Waals surface area contributed by atoms with E-state index in [0.717, 1.165) is 16.5 Å². The number of aliphatic carboxylic acids is 1. The third kappa shape index (κ3) is 2.97. The molecule has 1 aromatic rings. The second kappa shape index (κ2) is 5.33. The van der Waals surface area contributed by atoms with Crippen molar-refractivity contribution in [3.05, 3.63) is 34.3 Å². The van der Waals surface area contributed by atoms with Crippen LogP contribution >= 0.6 is 15.9 Å². The number of carbonyl (C=O) groups is 2. The first-order valence-electron chi connectivity index (χ1n) is 6.16. The summed E-state index contributed by atoms with van der Waals surface area (Å²) < 4.78 is 1.01. The molecule has 0 bridgehead atoms. The molecule has 5 heteroatoms. The molecule has 1 aliphatic rings. The van der Waals surface area contributed by atoms with E-state index in [-0.39, 0.29) is 17.7 Å². The van der Waals surface area contributed by atoms with Gasteiger partial charge in [0.1, 0.15) is 6.04 Å². The maximum absolute atomic E-state index is 12.2. The maximum atomic E-state index is 12.2. The third-order valence-corrected chi connectivity index (χ3v) is 4.22. The van der Waals surface area contributed by atoms with Gasteiger partial charge in [0.2, 0.25) is 5.91 Å². The van der Waals surface area contributed by atoms with Gasteiger partial charge in [-0.25, -0.2) is 4.79 Å². The molecule has 1 fully saturated rings. The lowest BCUT2D eigenvalue weighted by molar-refractivity contribution is -0.148. The van der Waals surface area contributed by atoms with Gasteiger partial charge in [0.05, 0.1) is 0 Å². The summed E-state index contributed by atoms with van der Waals surface area (Å²) in [7, 11) is 1.55. The summed E-state index contributed by atoms with van der Waals surface area (Å²) in [5, 5.41) is 8.92. The standard InChI is InChI=1S/C14H16BrNO3/c1-8(14(18)19)16(2)13(17)12-7-11(12)9-3-5-10(15)6-4-9/h3-6,8,11-12H,7H2,1-2H3,(H,18,19). The number of likely N-dealkylation sites (N-methyl/N-ethyl adjacent to an activating group) is 1. The lowest BCUT2D eigenvalue weighted by Crippen LogP contribution is -2.41. The van der Waals surface area contributed by atoms with Gasteiger partial charge in [0, 0.05) is 17.4 Å². The van der Waals surface area contributed by atoms with Crippen LogP contribution in [0.1, 0.15) is 24.8 Å². The number of carbonyl (C=O) groups excluding carboxylic acids is 1. The van der Waals surface area contributed by atoms with E-state index in [1.54, 1.807) is 7.05 Å². The highest BCUT2D eigenvalue weighted by molar-refractivity contribution is 9.10. The van der Waals surface area contributed by atoms with E-state index in [1.807, 2.05) is 24.3 Å². The second-order valence-corrected chi connectivity index (χ2v) is 5.88. The van der Waals surface area contributed by atoms with Crippen molar-refractivity contribution in [1.82, 2.24) is 4.90 Å². The zero-order valence-electron chi connectivity index (χ0n) is 10.8. The molecule has 102 valence electrons.